The van der Waals surface area contributed by atoms with E-state index in [-0.39, 0.29) is 19.0 Å². The Bertz CT molecular complexity index is 620. The van der Waals surface area contributed by atoms with Crippen LogP contribution in [0.25, 0.3) is 0 Å². The molecule has 0 radical (unpaired) electrons. The average molecular weight is 333 g/mol. The van der Waals surface area contributed by atoms with Gasteiger partial charge in [-0.2, -0.15) is 5.10 Å². The number of hydrogen-bond acceptors (Lipinski definition) is 4. The van der Waals surface area contributed by atoms with Crippen molar-refractivity contribution >= 4 is 0 Å². The van der Waals surface area contributed by atoms with Gasteiger partial charge < -0.3 is 9.84 Å². The molecule has 1 aliphatic rings. The summed E-state index contributed by atoms with van der Waals surface area (Å²) in [5, 5.41) is 14.5. The van der Waals surface area contributed by atoms with E-state index >= 15 is 0 Å². The van der Waals surface area contributed by atoms with Crippen LogP contribution in [0.15, 0.2) is 42.7 Å². The maximum atomic E-state index is 13.5. The fraction of sp³-hybridized carbons (Fsp3) is 0.500. The molecule has 130 valence electrons. The van der Waals surface area contributed by atoms with Gasteiger partial charge in [-0.05, 0) is 31.5 Å². The molecule has 0 amide bonds. The molecule has 0 saturated carbocycles. The van der Waals surface area contributed by atoms with Gasteiger partial charge >= 0.3 is 0 Å². The fourth-order valence-corrected chi connectivity index (χ4v) is 3.21. The van der Waals surface area contributed by atoms with E-state index in [0.717, 1.165) is 25.9 Å². The average Bonchev–Trinajstić information content (AvgIpc) is 3.22. The van der Waals surface area contributed by atoms with Crippen molar-refractivity contribution < 1.29 is 14.2 Å². The first-order chi connectivity index (χ1) is 11.7. The highest BCUT2D eigenvalue weighted by Gasteiger charge is 2.26. The van der Waals surface area contributed by atoms with E-state index in [1.807, 2.05) is 16.9 Å². The van der Waals surface area contributed by atoms with Crippen LogP contribution in [0, 0.1) is 5.82 Å². The number of halogens is 1. The van der Waals surface area contributed by atoms with E-state index in [1.165, 1.54) is 6.07 Å². The minimum Gasteiger partial charge on any atom is -0.389 e. The summed E-state index contributed by atoms with van der Waals surface area (Å²) in [5.74, 6) is -0.272. The second kappa shape index (κ2) is 8.37. The summed E-state index contributed by atoms with van der Waals surface area (Å²) in [7, 11) is 0. The molecule has 1 aromatic heterocycles. The highest BCUT2D eigenvalue weighted by atomic mass is 19.1. The molecular formula is C18H24FN3O2. The predicted octanol–water partition coefficient (Wildman–Crippen LogP) is 2.06. The van der Waals surface area contributed by atoms with Crippen LogP contribution in [0.4, 0.5) is 4.39 Å². The molecule has 6 heteroatoms. The van der Waals surface area contributed by atoms with Crippen LogP contribution in [0.3, 0.4) is 0 Å². The molecule has 2 aromatic rings. The number of ether oxygens (including phenoxy) is 1. The largest absolute Gasteiger partial charge is 0.389 e. The third-order valence-electron chi connectivity index (χ3n) is 4.43. The van der Waals surface area contributed by atoms with Gasteiger partial charge in [-0.15, -0.1) is 0 Å². The quantitative estimate of drug-likeness (QED) is 0.803. The van der Waals surface area contributed by atoms with E-state index in [0.29, 0.717) is 18.2 Å². The van der Waals surface area contributed by atoms with E-state index in [1.54, 1.807) is 24.4 Å². The number of hydrogen-bond donors (Lipinski definition) is 1. The molecule has 1 aromatic carbocycles. The number of β-amino-alcohol motifs (C(OH)–C–C–N with tert-alkyl or cyclic N) is 1. The van der Waals surface area contributed by atoms with Crippen LogP contribution >= 0.6 is 0 Å². The van der Waals surface area contributed by atoms with Gasteiger partial charge in [0.2, 0.25) is 0 Å². The topological polar surface area (TPSA) is 50.5 Å². The number of rotatable bonds is 8. The van der Waals surface area contributed by atoms with E-state index < -0.39 is 6.10 Å². The van der Waals surface area contributed by atoms with Crippen LogP contribution in [0.5, 0.6) is 0 Å². The zero-order valence-electron chi connectivity index (χ0n) is 13.7. The number of nitrogens with zero attached hydrogens (tertiary/aromatic N) is 3. The number of benzene rings is 1. The fourth-order valence-electron chi connectivity index (χ4n) is 3.21. The zero-order valence-corrected chi connectivity index (χ0v) is 13.7. The Hall–Kier alpha value is -1.76. The SMILES string of the molecule is O[C@H](COCc1ccccc1F)CN1CCC[C@@H]1Cn1cccn1. The first-order valence-electron chi connectivity index (χ1n) is 8.43. The van der Waals surface area contributed by atoms with Crippen LogP contribution in [0.1, 0.15) is 18.4 Å². The lowest BCUT2D eigenvalue weighted by Gasteiger charge is -2.26. The van der Waals surface area contributed by atoms with Gasteiger partial charge in [-0.3, -0.25) is 9.58 Å². The summed E-state index contributed by atoms with van der Waals surface area (Å²) in [6, 6.07) is 8.86. The summed E-state index contributed by atoms with van der Waals surface area (Å²) in [6.45, 7) is 2.79. The van der Waals surface area contributed by atoms with Gasteiger partial charge in [0.25, 0.3) is 0 Å². The molecule has 1 fully saturated rings. The molecule has 0 unspecified atom stereocenters. The summed E-state index contributed by atoms with van der Waals surface area (Å²) >= 11 is 0. The monoisotopic (exact) mass is 333 g/mol. The molecule has 1 aliphatic heterocycles. The van der Waals surface area contributed by atoms with Crippen molar-refractivity contribution in [1.29, 1.82) is 0 Å². The predicted molar refractivity (Wildman–Crippen MR) is 88.9 cm³/mol. The van der Waals surface area contributed by atoms with E-state index in [9.17, 15) is 9.50 Å². The minimum atomic E-state index is -0.574. The molecule has 24 heavy (non-hydrogen) atoms. The van der Waals surface area contributed by atoms with Gasteiger partial charge in [0.1, 0.15) is 5.82 Å². The summed E-state index contributed by atoms with van der Waals surface area (Å²) in [6.07, 6.45) is 5.42. The van der Waals surface area contributed by atoms with Crippen molar-refractivity contribution in [1.82, 2.24) is 14.7 Å². The highest BCUT2D eigenvalue weighted by Crippen LogP contribution is 2.19. The van der Waals surface area contributed by atoms with Crippen molar-refractivity contribution in [2.24, 2.45) is 0 Å². The number of likely N-dealkylation sites (tertiary alicyclic amines) is 1. The second-order valence-corrected chi connectivity index (χ2v) is 6.28. The molecule has 0 bridgehead atoms. The summed E-state index contributed by atoms with van der Waals surface area (Å²) < 4.78 is 20.9. The second-order valence-electron chi connectivity index (χ2n) is 6.28. The van der Waals surface area contributed by atoms with E-state index in [4.69, 9.17) is 4.74 Å². The van der Waals surface area contributed by atoms with Crippen molar-refractivity contribution in [3.63, 3.8) is 0 Å². The number of aliphatic hydroxyl groups excluding tert-OH is 1. The number of aromatic nitrogens is 2. The standard InChI is InChI=1S/C18H24FN3O2/c19-18-7-2-1-5-15(18)13-24-14-17(23)12-21-9-3-6-16(21)11-22-10-4-8-20-22/h1-2,4-5,7-8,10,16-17,23H,3,6,9,11-14H2/t16-,17+/m1/s1. The molecule has 2 heterocycles. The molecule has 2 atom stereocenters. The molecule has 5 nitrogen and oxygen atoms in total. The number of aliphatic hydroxyl groups is 1. The first kappa shape index (κ1) is 17.1. The van der Waals surface area contributed by atoms with Crippen molar-refractivity contribution in [2.75, 3.05) is 19.7 Å². The Morgan fingerprint density at radius 2 is 2.21 bits per heavy atom. The van der Waals surface area contributed by atoms with Crippen LogP contribution in [-0.4, -0.2) is 51.6 Å². The summed E-state index contributed by atoms with van der Waals surface area (Å²) in [4.78, 5) is 2.29. The Kier molecular flexibility index (Phi) is 5.96. The smallest absolute Gasteiger partial charge is 0.128 e. The normalized spacial score (nSPS) is 19.7. The van der Waals surface area contributed by atoms with Gasteiger partial charge in [0.15, 0.2) is 0 Å². The lowest BCUT2D eigenvalue weighted by Crippen LogP contribution is -2.40. The maximum Gasteiger partial charge on any atom is 0.128 e. The van der Waals surface area contributed by atoms with Gasteiger partial charge in [0.05, 0.1) is 25.9 Å². The minimum absolute atomic E-state index is 0.181. The van der Waals surface area contributed by atoms with Gasteiger partial charge in [-0.25, -0.2) is 4.39 Å². The van der Waals surface area contributed by atoms with Crippen LogP contribution in [-0.2, 0) is 17.9 Å². The Balaban J connectivity index is 1.42. The Morgan fingerprint density at radius 1 is 1.33 bits per heavy atom. The zero-order chi connectivity index (χ0) is 16.8. The van der Waals surface area contributed by atoms with Crippen LogP contribution in [0.2, 0.25) is 0 Å². The lowest BCUT2D eigenvalue weighted by molar-refractivity contribution is 0.00595. The molecule has 0 aliphatic carbocycles. The Morgan fingerprint density at radius 3 is 3.00 bits per heavy atom. The molecule has 1 saturated heterocycles. The van der Waals surface area contributed by atoms with Crippen molar-refractivity contribution in [2.45, 2.75) is 38.1 Å². The van der Waals surface area contributed by atoms with Gasteiger partial charge in [-0.1, -0.05) is 18.2 Å². The highest BCUT2D eigenvalue weighted by molar-refractivity contribution is 5.16. The van der Waals surface area contributed by atoms with Gasteiger partial charge in [0, 0.05) is 30.5 Å². The molecule has 3 rings (SSSR count). The molecular weight excluding hydrogens is 309 g/mol. The van der Waals surface area contributed by atoms with Crippen molar-refractivity contribution in [3.05, 3.63) is 54.1 Å². The third kappa shape index (κ3) is 4.63. The van der Waals surface area contributed by atoms with Crippen molar-refractivity contribution in [3.8, 4) is 0 Å². The molecule has 0 spiro atoms. The third-order valence-corrected chi connectivity index (χ3v) is 4.43. The summed E-state index contributed by atoms with van der Waals surface area (Å²) in [5.41, 5.74) is 0.516. The molecule has 1 N–H and O–H groups in total. The Labute approximate surface area is 141 Å². The lowest BCUT2D eigenvalue weighted by atomic mass is 10.2. The maximum absolute atomic E-state index is 13.5. The van der Waals surface area contributed by atoms with Crippen LogP contribution < -0.4 is 0 Å². The first-order valence-corrected chi connectivity index (χ1v) is 8.43. The van der Waals surface area contributed by atoms with E-state index in [2.05, 4.69) is 10.00 Å².